The number of aliphatic hydroxyl groups is 1. The molecule has 0 bridgehead atoms. The van der Waals surface area contributed by atoms with Gasteiger partial charge in [-0.1, -0.05) is 85.6 Å². The number of allylic oxidation sites excluding steroid dienone is 3. The summed E-state index contributed by atoms with van der Waals surface area (Å²) in [5, 5.41) is 10.3. The van der Waals surface area contributed by atoms with Crippen LogP contribution >= 0.6 is 0 Å². The Morgan fingerprint density at radius 1 is 0.912 bits per heavy atom. The minimum Gasteiger partial charge on any atom is -0.393 e. The summed E-state index contributed by atoms with van der Waals surface area (Å²) in [5.41, 5.74) is 4.21. The highest BCUT2D eigenvalue weighted by Crippen LogP contribution is 2.67. The Kier molecular flexibility index (Phi) is 7.58. The van der Waals surface area contributed by atoms with Gasteiger partial charge in [-0.25, -0.2) is 0 Å². The normalized spacial score (nSPS) is 41.5. The van der Waals surface area contributed by atoms with Crippen LogP contribution < -0.4 is 0 Å². The lowest BCUT2D eigenvalue weighted by Gasteiger charge is -2.58. The van der Waals surface area contributed by atoms with Crippen molar-refractivity contribution in [2.24, 2.45) is 64.1 Å². The molecule has 1 heteroatoms. The van der Waals surface area contributed by atoms with E-state index in [1.165, 1.54) is 38.5 Å². The predicted octanol–water partition coefficient (Wildman–Crippen LogP) is 9.07. The summed E-state index contributed by atoms with van der Waals surface area (Å²) in [7, 11) is 0. The van der Waals surface area contributed by atoms with Crippen LogP contribution in [0, 0.1) is 64.1 Å². The highest BCUT2D eigenvalue weighted by atomic mass is 16.3. The average molecular weight is 469 g/mol. The number of fused-ring (bicyclic) bond motifs is 5. The van der Waals surface area contributed by atoms with Gasteiger partial charge < -0.3 is 5.11 Å². The Morgan fingerprint density at radius 3 is 2.21 bits per heavy atom. The Bertz CT molecular complexity index is 778. The van der Waals surface area contributed by atoms with Crippen molar-refractivity contribution >= 4 is 0 Å². The van der Waals surface area contributed by atoms with Crippen LogP contribution in [0.5, 0.6) is 0 Å². The van der Waals surface area contributed by atoms with Gasteiger partial charge in [-0.05, 0) is 115 Å². The van der Waals surface area contributed by atoms with E-state index in [1.807, 2.05) is 0 Å². The lowest BCUT2D eigenvalue weighted by molar-refractivity contribution is -0.0550. The molecule has 3 saturated carbocycles. The Balaban J connectivity index is 1.60. The van der Waals surface area contributed by atoms with Crippen molar-refractivity contribution in [1.82, 2.24) is 0 Å². The zero-order valence-electron chi connectivity index (χ0n) is 24.0. The van der Waals surface area contributed by atoms with Gasteiger partial charge in [0.2, 0.25) is 0 Å². The highest BCUT2D eigenvalue weighted by molar-refractivity contribution is 5.26. The molecule has 1 nitrogen and oxygen atoms in total. The second-order valence-electron chi connectivity index (χ2n) is 14.6. The zero-order valence-corrected chi connectivity index (χ0v) is 24.0. The van der Waals surface area contributed by atoms with E-state index >= 15 is 0 Å². The lowest BCUT2D eigenvalue weighted by Crippen LogP contribution is -2.51. The van der Waals surface area contributed by atoms with Gasteiger partial charge in [0.1, 0.15) is 0 Å². The van der Waals surface area contributed by atoms with E-state index in [9.17, 15) is 5.11 Å². The van der Waals surface area contributed by atoms with E-state index in [0.29, 0.717) is 40.4 Å². The topological polar surface area (TPSA) is 20.2 Å². The third-order valence-electron chi connectivity index (χ3n) is 11.9. The first-order valence-electron chi connectivity index (χ1n) is 15.0. The molecule has 34 heavy (non-hydrogen) atoms. The molecule has 0 amide bonds. The fraction of sp³-hybridized carbons (Fsp3) is 0.879. The standard InChI is InChI=1S/C33H56O/c1-20(2)27(21(3)4)19-28(22(5)6)23(7)29-12-13-30-26-11-10-24-18-25(34)14-16-32(24,8)31(26)15-17-33(29,30)9/h10,19-23,25-27,29-31,34H,11-18H2,1-9H3. The first kappa shape index (κ1) is 26.5. The van der Waals surface area contributed by atoms with Crippen molar-refractivity contribution in [2.75, 3.05) is 0 Å². The molecule has 4 rings (SSSR count). The third-order valence-corrected chi connectivity index (χ3v) is 11.9. The third kappa shape index (κ3) is 4.39. The molecule has 8 atom stereocenters. The first-order chi connectivity index (χ1) is 15.9. The summed E-state index contributed by atoms with van der Waals surface area (Å²) >= 11 is 0. The van der Waals surface area contributed by atoms with Crippen LogP contribution in [0.15, 0.2) is 23.3 Å². The van der Waals surface area contributed by atoms with E-state index in [0.717, 1.165) is 36.5 Å². The predicted molar refractivity (Wildman–Crippen MR) is 146 cm³/mol. The van der Waals surface area contributed by atoms with Gasteiger partial charge in [-0.15, -0.1) is 0 Å². The molecule has 0 aliphatic heterocycles. The largest absolute Gasteiger partial charge is 0.393 e. The van der Waals surface area contributed by atoms with Crippen molar-refractivity contribution in [1.29, 1.82) is 0 Å². The maximum absolute atomic E-state index is 10.3. The fourth-order valence-corrected chi connectivity index (χ4v) is 9.98. The van der Waals surface area contributed by atoms with Gasteiger partial charge in [-0.3, -0.25) is 0 Å². The molecule has 0 radical (unpaired) electrons. The van der Waals surface area contributed by atoms with Crippen LogP contribution in [0.2, 0.25) is 0 Å². The van der Waals surface area contributed by atoms with E-state index in [-0.39, 0.29) is 6.10 Å². The van der Waals surface area contributed by atoms with Crippen LogP contribution in [0.4, 0.5) is 0 Å². The smallest absolute Gasteiger partial charge is 0.0577 e. The minimum absolute atomic E-state index is 0.0943. The van der Waals surface area contributed by atoms with Crippen molar-refractivity contribution in [3.05, 3.63) is 23.3 Å². The molecular weight excluding hydrogens is 412 g/mol. The monoisotopic (exact) mass is 468 g/mol. The number of rotatable bonds is 6. The van der Waals surface area contributed by atoms with Gasteiger partial charge >= 0.3 is 0 Å². The Hall–Kier alpha value is -0.560. The van der Waals surface area contributed by atoms with Crippen molar-refractivity contribution < 1.29 is 5.11 Å². The van der Waals surface area contributed by atoms with Crippen LogP contribution in [0.3, 0.4) is 0 Å². The van der Waals surface area contributed by atoms with Crippen molar-refractivity contribution in [3.8, 4) is 0 Å². The summed E-state index contributed by atoms with van der Waals surface area (Å²) in [4.78, 5) is 0. The van der Waals surface area contributed by atoms with Crippen molar-refractivity contribution in [2.45, 2.75) is 120 Å². The van der Waals surface area contributed by atoms with Crippen LogP contribution in [-0.2, 0) is 0 Å². The Labute approximate surface area is 212 Å². The molecule has 0 spiro atoms. The molecule has 4 aliphatic rings. The van der Waals surface area contributed by atoms with Gasteiger partial charge in [0.15, 0.2) is 0 Å². The molecule has 8 unspecified atom stereocenters. The van der Waals surface area contributed by atoms with Crippen LogP contribution in [0.25, 0.3) is 0 Å². The van der Waals surface area contributed by atoms with Gasteiger partial charge in [-0.2, -0.15) is 0 Å². The maximum Gasteiger partial charge on any atom is 0.0577 e. The maximum atomic E-state index is 10.3. The van der Waals surface area contributed by atoms with Gasteiger partial charge in [0.25, 0.3) is 0 Å². The molecule has 1 N–H and O–H groups in total. The van der Waals surface area contributed by atoms with E-state index < -0.39 is 0 Å². The average Bonchev–Trinajstić information content (AvgIpc) is 3.10. The van der Waals surface area contributed by atoms with Crippen LogP contribution in [-0.4, -0.2) is 11.2 Å². The number of hydrogen-bond donors (Lipinski definition) is 1. The zero-order chi connectivity index (χ0) is 25.0. The molecule has 0 aromatic rings. The molecule has 0 aromatic carbocycles. The molecule has 3 fully saturated rings. The molecule has 0 heterocycles. The molecular formula is C33H56O. The quantitative estimate of drug-likeness (QED) is 0.385. The fourth-order valence-electron chi connectivity index (χ4n) is 9.98. The lowest BCUT2D eigenvalue weighted by atomic mass is 9.47. The summed E-state index contributed by atoms with van der Waals surface area (Å²) in [6, 6.07) is 0. The Morgan fingerprint density at radius 2 is 1.59 bits per heavy atom. The molecule has 0 aromatic heterocycles. The summed E-state index contributed by atoms with van der Waals surface area (Å²) in [6.07, 6.45) is 15.4. The highest BCUT2D eigenvalue weighted by Gasteiger charge is 2.59. The number of hydrogen-bond acceptors (Lipinski definition) is 1. The number of aliphatic hydroxyl groups excluding tert-OH is 1. The van der Waals surface area contributed by atoms with Gasteiger partial charge in [0.05, 0.1) is 6.10 Å². The molecule has 4 aliphatic carbocycles. The summed E-state index contributed by atoms with van der Waals surface area (Å²) in [5.74, 6) is 6.87. The second-order valence-corrected chi connectivity index (χ2v) is 14.6. The second kappa shape index (κ2) is 9.72. The summed E-state index contributed by atoms with van der Waals surface area (Å²) in [6.45, 7) is 22.4. The minimum atomic E-state index is -0.0943. The van der Waals surface area contributed by atoms with Crippen molar-refractivity contribution in [3.63, 3.8) is 0 Å². The SMILES string of the molecule is CC(C)C(=CC(C(C)C)C(C)C)C(C)C1CCC2C3CC=C4CC(O)CCC4(C)C3CCC12C. The van der Waals surface area contributed by atoms with Crippen LogP contribution in [0.1, 0.15) is 114 Å². The van der Waals surface area contributed by atoms with Gasteiger partial charge in [0, 0.05) is 0 Å². The first-order valence-corrected chi connectivity index (χ1v) is 15.0. The summed E-state index contributed by atoms with van der Waals surface area (Å²) < 4.78 is 0. The van der Waals surface area contributed by atoms with E-state index in [2.05, 4.69) is 74.5 Å². The van der Waals surface area contributed by atoms with E-state index in [4.69, 9.17) is 0 Å². The van der Waals surface area contributed by atoms with E-state index in [1.54, 1.807) is 11.1 Å². The molecule has 0 saturated heterocycles. The molecule has 194 valence electrons.